The topological polar surface area (TPSA) is 75.7 Å². The van der Waals surface area contributed by atoms with Crippen LogP contribution in [0.4, 0.5) is 10.5 Å². The molecule has 21 heavy (non-hydrogen) atoms. The van der Waals surface area contributed by atoms with Crippen molar-refractivity contribution in [2.75, 3.05) is 30.3 Å². The largest absolute Gasteiger partial charge is 0.450 e. The van der Waals surface area contributed by atoms with Crippen molar-refractivity contribution in [1.29, 1.82) is 0 Å². The molecule has 0 aliphatic heterocycles. The Morgan fingerprint density at radius 2 is 1.95 bits per heavy atom. The first-order valence-corrected chi connectivity index (χ1v) is 8.71. The molecule has 0 unspecified atom stereocenters. The van der Waals surface area contributed by atoms with E-state index < -0.39 is 16.1 Å². The van der Waals surface area contributed by atoms with E-state index >= 15 is 0 Å². The molecule has 6 nitrogen and oxygen atoms in total. The molecule has 0 atom stereocenters. The number of nitrogens with one attached hydrogen (secondary N) is 1. The normalized spacial score (nSPS) is 11.0. The van der Waals surface area contributed by atoms with Gasteiger partial charge in [-0.05, 0) is 25.0 Å². The van der Waals surface area contributed by atoms with E-state index in [9.17, 15) is 13.2 Å². The second kappa shape index (κ2) is 7.87. The zero-order chi connectivity index (χ0) is 15.9. The number of alkyl carbamates (subject to hydrolysis) is 1. The van der Waals surface area contributed by atoms with Gasteiger partial charge in [-0.1, -0.05) is 25.1 Å². The van der Waals surface area contributed by atoms with Crippen LogP contribution in [0.2, 0.25) is 0 Å². The molecule has 1 aromatic rings. The predicted molar refractivity (Wildman–Crippen MR) is 83.0 cm³/mol. The lowest BCUT2D eigenvalue weighted by molar-refractivity contribution is 0.152. The number of nitrogens with zero attached hydrogens (tertiary/aromatic N) is 1. The Bertz CT molecular complexity index is 572. The van der Waals surface area contributed by atoms with E-state index in [0.717, 1.165) is 18.2 Å². The number of carbonyl (C=O) groups excluding carboxylic acids is 1. The minimum Gasteiger partial charge on any atom is -0.450 e. The number of sulfonamides is 1. The van der Waals surface area contributed by atoms with Gasteiger partial charge in [0.25, 0.3) is 0 Å². The molecule has 0 bridgehead atoms. The van der Waals surface area contributed by atoms with Gasteiger partial charge in [0.05, 0.1) is 25.1 Å². The van der Waals surface area contributed by atoms with E-state index in [1.165, 1.54) is 4.31 Å². The molecule has 0 aliphatic rings. The first-order chi connectivity index (χ1) is 9.90. The quantitative estimate of drug-likeness (QED) is 0.832. The maximum absolute atomic E-state index is 12.0. The summed E-state index contributed by atoms with van der Waals surface area (Å²) in [5, 5.41) is 2.53. The van der Waals surface area contributed by atoms with E-state index in [1.807, 2.05) is 19.1 Å². The number of amides is 1. The number of carbonyl (C=O) groups is 1. The Morgan fingerprint density at radius 3 is 2.52 bits per heavy atom. The van der Waals surface area contributed by atoms with Gasteiger partial charge in [-0.2, -0.15) is 0 Å². The zero-order valence-corrected chi connectivity index (χ0v) is 13.4. The van der Waals surface area contributed by atoms with Crippen LogP contribution in [0.15, 0.2) is 24.3 Å². The molecule has 0 heterocycles. The van der Waals surface area contributed by atoms with Crippen molar-refractivity contribution in [2.45, 2.75) is 20.3 Å². The van der Waals surface area contributed by atoms with Gasteiger partial charge < -0.3 is 10.1 Å². The molecule has 7 heteroatoms. The van der Waals surface area contributed by atoms with Crippen molar-refractivity contribution in [3.05, 3.63) is 29.8 Å². The van der Waals surface area contributed by atoms with Crippen LogP contribution in [-0.2, 0) is 21.2 Å². The van der Waals surface area contributed by atoms with E-state index in [-0.39, 0.29) is 19.7 Å². The van der Waals surface area contributed by atoms with Crippen molar-refractivity contribution in [3.8, 4) is 0 Å². The molecule has 1 aromatic carbocycles. The summed E-state index contributed by atoms with van der Waals surface area (Å²) >= 11 is 0. The minimum absolute atomic E-state index is 0.161. The van der Waals surface area contributed by atoms with E-state index in [1.54, 1.807) is 19.1 Å². The monoisotopic (exact) mass is 314 g/mol. The summed E-state index contributed by atoms with van der Waals surface area (Å²) in [6.07, 6.45) is 1.34. The summed E-state index contributed by atoms with van der Waals surface area (Å²) < 4.78 is 30.0. The highest BCUT2D eigenvalue weighted by Gasteiger charge is 2.19. The standard InChI is InChI=1S/C14H22N2O4S/c1-4-12-8-6-7-9-13(12)16(21(3,18)19)11-10-15-14(17)20-5-2/h6-9H,4-5,10-11H2,1-3H3,(H,15,17). The highest BCUT2D eigenvalue weighted by molar-refractivity contribution is 7.92. The lowest BCUT2D eigenvalue weighted by atomic mass is 10.1. The highest BCUT2D eigenvalue weighted by Crippen LogP contribution is 2.22. The molecule has 1 N–H and O–H groups in total. The van der Waals surface area contributed by atoms with Gasteiger partial charge in [0.1, 0.15) is 0 Å². The van der Waals surface area contributed by atoms with Gasteiger partial charge in [0, 0.05) is 6.54 Å². The molecule has 0 aromatic heterocycles. The Balaban J connectivity index is 2.85. The van der Waals surface area contributed by atoms with Gasteiger partial charge in [-0.3, -0.25) is 4.31 Å². The molecule has 0 spiro atoms. The van der Waals surface area contributed by atoms with Crippen LogP contribution >= 0.6 is 0 Å². The number of para-hydroxylation sites is 1. The Hall–Kier alpha value is -1.76. The number of aryl methyl sites for hydroxylation is 1. The zero-order valence-electron chi connectivity index (χ0n) is 12.6. The predicted octanol–water partition coefficient (Wildman–Crippen LogP) is 1.76. The number of hydrogen-bond acceptors (Lipinski definition) is 4. The molecule has 0 radical (unpaired) electrons. The van der Waals surface area contributed by atoms with Gasteiger partial charge in [0.2, 0.25) is 10.0 Å². The first-order valence-electron chi connectivity index (χ1n) is 6.86. The van der Waals surface area contributed by atoms with Crippen LogP contribution in [0.5, 0.6) is 0 Å². The third kappa shape index (κ3) is 5.26. The van der Waals surface area contributed by atoms with Crippen molar-refractivity contribution < 1.29 is 17.9 Å². The number of rotatable bonds is 7. The maximum Gasteiger partial charge on any atom is 0.407 e. The molecule has 1 amide bonds. The van der Waals surface area contributed by atoms with Crippen LogP contribution in [0.25, 0.3) is 0 Å². The smallest absolute Gasteiger partial charge is 0.407 e. The number of anilines is 1. The molecule has 0 fully saturated rings. The van der Waals surface area contributed by atoms with Crippen LogP contribution in [0.1, 0.15) is 19.4 Å². The van der Waals surface area contributed by atoms with E-state index in [4.69, 9.17) is 4.74 Å². The molecular formula is C14H22N2O4S. The second-order valence-electron chi connectivity index (χ2n) is 4.46. The second-order valence-corrected chi connectivity index (χ2v) is 6.37. The lowest BCUT2D eigenvalue weighted by Crippen LogP contribution is -2.38. The fourth-order valence-electron chi connectivity index (χ4n) is 1.96. The summed E-state index contributed by atoms with van der Waals surface area (Å²) in [6, 6.07) is 7.33. The third-order valence-corrected chi connectivity index (χ3v) is 4.08. The van der Waals surface area contributed by atoms with Gasteiger partial charge in [-0.15, -0.1) is 0 Å². The highest BCUT2D eigenvalue weighted by atomic mass is 32.2. The molecule has 0 saturated carbocycles. The maximum atomic E-state index is 12.0. The van der Waals surface area contributed by atoms with Crippen LogP contribution in [0.3, 0.4) is 0 Å². The summed E-state index contributed by atoms with van der Waals surface area (Å²) in [6.45, 7) is 4.30. The van der Waals surface area contributed by atoms with Gasteiger partial charge in [0.15, 0.2) is 0 Å². The fourth-order valence-corrected chi connectivity index (χ4v) is 2.92. The van der Waals surface area contributed by atoms with Gasteiger partial charge in [-0.25, -0.2) is 13.2 Å². The van der Waals surface area contributed by atoms with Crippen molar-refractivity contribution in [1.82, 2.24) is 5.32 Å². The number of benzene rings is 1. The average molecular weight is 314 g/mol. The van der Waals surface area contributed by atoms with E-state index in [2.05, 4.69) is 5.32 Å². The Labute approximate surface area is 126 Å². The summed E-state index contributed by atoms with van der Waals surface area (Å²) in [5.41, 5.74) is 1.59. The summed E-state index contributed by atoms with van der Waals surface area (Å²) in [5.74, 6) is 0. The minimum atomic E-state index is -3.42. The molecule has 0 saturated heterocycles. The van der Waals surface area contributed by atoms with Crippen molar-refractivity contribution >= 4 is 21.8 Å². The van der Waals surface area contributed by atoms with Crippen LogP contribution < -0.4 is 9.62 Å². The molecular weight excluding hydrogens is 292 g/mol. The average Bonchev–Trinajstić information content (AvgIpc) is 2.42. The third-order valence-electron chi connectivity index (χ3n) is 2.90. The Morgan fingerprint density at radius 1 is 1.29 bits per heavy atom. The fraction of sp³-hybridized carbons (Fsp3) is 0.500. The van der Waals surface area contributed by atoms with Gasteiger partial charge >= 0.3 is 6.09 Å². The first kappa shape index (κ1) is 17.3. The summed E-state index contributed by atoms with van der Waals surface area (Å²) in [4.78, 5) is 11.2. The Kier molecular flexibility index (Phi) is 6.48. The summed E-state index contributed by atoms with van der Waals surface area (Å²) in [7, 11) is -3.42. The van der Waals surface area contributed by atoms with Crippen LogP contribution in [-0.4, -0.2) is 40.5 Å². The molecule has 118 valence electrons. The number of hydrogen-bond donors (Lipinski definition) is 1. The lowest BCUT2D eigenvalue weighted by Gasteiger charge is -2.24. The molecule has 1 rings (SSSR count). The van der Waals surface area contributed by atoms with Crippen molar-refractivity contribution in [3.63, 3.8) is 0 Å². The molecule has 0 aliphatic carbocycles. The van der Waals surface area contributed by atoms with E-state index in [0.29, 0.717) is 5.69 Å². The van der Waals surface area contributed by atoms with Crippen molar-refractivity contribution in [2.24, 2.45) is 0 Å². The van der Waals surface area contributed by atoms with Crippen LogP contribution in [0, 0.1) is 0 Å². The SMILES string of the molecule is CCOC(=O)NCCN(c1ccccc1CC)S(C)(=O)=O. The number of ether oxygens (including phenoxy) is 1.